The maximum absolute atomic E-state index is 4.29. The van der Waals surface area contributed by atoms with Crippen LogP contribution >= 0.6 is 0 Å². The molecule has 0 aliphatic rings. The third-order valence-corrected chi connectivity index (χ3v) is 2.92. The summed E-state index contributed by atoms with van der Waals surface area (Å²) < 4.78 is 0. The summed E-state index contributed by atoms with van der Waals surface area (Å²) in [7, 11) is 0. The second kappa shape index (κ2) is 7.25. The van der Waals surface area contributed by atoms with Crippen molar-refractivity contribution in [2.24, 2.45) is 0 Å². The zero-order valence-electron chi connectivity index (χ0n) is 12.0. The third-order valence-electron chi connectivity index (χ3n) is 2.92. The van der Waals surface area contributed by atoms with Crippen molar-refractivity contribution < 1.29 is 0 Å². The first kappa shape index (κ1) is 14.0. The van der Waals surface area contributed by atoms with Crippen LogP contribution in [0, 0.1) is 13.8 Å². The van der Waals surface area contributed by atoms with Crippen LogP contribution < -0.4 is 0 Å². The average Bonchev–Trinajstić information content (AvgIpc) is 2.50. The molecule has 1 nitrogen and oxygen atoms in total. The van der Waals surface area contributed by atoms with Gasteiger partial charge in [-0.3, -0.25) is 4.98 Å². The Bertz CT molecular complexity index is 630. The molecular formula is C19H19N. The molecule has 0 saturated carbocycles. The summed E-state index contributed by atoms with van der Waals surface area (Å²) in [5.41, 5.74) is 4.80. The molecule has 0 N–H and O–H groups in total. The fourth-order valence-electron chi connectivity index (χ4n) is 1.87. The fraction of sp³-hybridized carbons (Fsp3) is 0.105. The van der Waals surface area contributed by atoms with Gasteiger partial charge in [-0.25, -0.2) is 0 Å². The van der Waals surface area contributed by atoms with Crippen LogP contribution in [-0.2, 0) is 0 Å². The molecular weight excluding hydrogens is 242 g/mol. The van der Waals surface area contributed by atoms with E-state index in [0.717, 1.165) is 5.69 Å². The Hall–Kier alpha value is -2.41. The molecule has 0 bridgehead atoms. The molecule has 1 heteroatoms. The van der Waals surface area contributed by atoms with Crippen LogP contribution in [0.4, 0.5) is 0 Å². The highest BCUT2D eigenvalue weighted by Gasteiger charge is 1.96. The summed E-state index contributed by atoms with van der Waals surface area (Å²) in [4.78, 5) is 4.29. The molecule has 100 valence electrons. The summed E-state index contributed by atoms with van der Waals surface area (Å²) in [5, 5.41) is 0. The molecule has 0 aliphatic carbocycles. The number of pyridine rings is 1. The van der Waals surface area contributed by atoms with Crippen LogP contribution in [0.25, 0.3) is 11.3 Å². The molecule has 0 radical (unpaired) electrons. The molecule has 0 unspecified atom stereocenters. The monoisotopic (exact) mass is 261 g/mol. The maximum atomic E-state index is 4.29. The summed E-state index contributed by atoms with van der Waals surface area (Å²) in [6.07, 6.45) is 1.82. The Morgan fingerprint density at radius 2 is 1.35 bits per heavy atom. The summed E-state index contributed by atoms with van der Waals surface area (Å²) in [6.45, 7) is 4.17. The predicted molar refractivity (Wildman–Crippen MR) is 85.6 cm³/mol. The number of hydrogen-bond acceptors (Lipinski definition) is 1. The van der Waals surface area contributed by atoms with E-state index in [2.05, 4.69) is 55.2 Å². The first-order valence-electron chi connectivity index (χ1n) is 6.75. The van der Waals surface area contributed by atoms with Crippen LogP contribution in [0.5, 0.6) is 0 Å². The number of hydrogen-bond donors (Lipinski definition) is 0. The van der Waals surface area contributed by atoms with Crippen LogP contribution in [0.15, 0.2) is 79.0 Å². The standard InChI is InChI=1S/C12H11N.C7H8/c1-10-5-4-6-11(9-10)12-7-2-3-8-13-12;1-7-5-3-2-4-6-7/h2-9H,1H3;2-6H,1H3. The van der Waals surface area contributed by atoms with Gasteiger partial charge in [-0.1, -0.05) is 65.7 Å². The molecule has 1 heterocycles. The van der Waals surface area contributed by atoms with Crippen LogP contribution in [0.1, 0.15) is 11.1 Å². The van der Waals surface area contributed by atoms with E-state index in [1.54, 1.807) is 0 Å². The van der Waals surface area contributed by atoms with Crippen molar-refractivity contribution in [3.8, 4) is 11.3 Å². The first-order valence-corrected chi connectivity index (χ1v) is 6.75. The van der Waals surface area contributed by atoms with Crippen molar-refractivity contribution in [1.29, 1.82) is 0 Å². The second-order valence-electron chi connectivity index (χ2n) is 4.74. The second-order valence-corrected chi connectivity index (χ2v) is 4.74. The number of aromatic nitrogens is 1. The van der Waals surface area contributed by atoms with Gasteiger partial charge in [0.15, 0.2) is 0 Å². The van der Waals surface area contributed by atoms with Gasteiger partial charge in [0, 0.05) is 11.8 Å². The van der Waals surface area contributed by atoms with Crippen molar-refractivity contribution >= 4 is 0 Å². The minimum Gasteiger partial charge on any atom is -0.256 e. The summed E-state index contributed by atoms with van der Waals surface area (Å²) >= 11 is 0. The lowest BCUT2D eigenvalue weighted by Crippen LogP contribution is -1.81. The third kappa shape index (κ3) is 4.36. The number of aryl methyl sites for hydroxylation is 2. The van der Waals surface area contributed by atoms with E-state index in [9.17, 15) is 0 Å². The van der Waals surface area contributed by atoms with Gasteiger partial charge >= 0.3 is 0 Å². The average molecular weight is 261 g/mol. The normalized spacial score (nSPS) is 9.50. The van der Waals surface area contributed by atoms with E-state index < -0.39 is 0 Å². The van der Waals surface area contributed by atoms with Crippen molar-refractivity contribution in [2.75, 3.05) is 0 Å². The van der Waals surface area contributed by atoms with Crippen molar-refractivity contribution in [1.82, 2.24) is 4.98 Å². The van der Waals surface area contributed by atoms with Crippen LogP contribution in [0.3, 0.4) is 0 Å². The van der Waals surface area contributed by atoms with Crippen molar-refractivity contribution in [2.45, 2.75) is 13.8 Å². The lowest BCUT2D eigenvalue weighted by molar-refractivity contribution is 1.32. The van der Waals surface area contributed by atoms with Crippen molar-refractivity contribution in [3.63, 3.8) is 0 Å². The largest absolute Gasteiger partial charge is 0.256 e. The lowest BCUT2D eigenvalue weighted by Gasteiger charge is -2.00. The molecule has 3 rings (SSSR count). The van der Waals surface area contributed by atoms with Crippen LogP contribution in [-0.4, -0.2) is 4.98 Å². The van der Waals surface area contributed by atoms with Gasteiger partial charge < -0.3 is 0 Å². The van der Waals surface area contributed by atoms with Gasteiger partial charge in [0.05, 0.1) is 5.69 Å². The van der Waals surface area contributed by atoms with Gasteiger partial charge in [-0.05, 0) is 32.0 Å². The molecule has 0 saturated heterocycles. The molecule has 0 amide bonds. The van der Waals surface area contributed by atoms with Gasteiger partial charge in [0.25, 0.3) is 0 Å². The fourth-order valence-corrected chi connectivity index (χ4v) is 1.87. The van der Waals surface area contributed by atoms with Crippen LogP contribution in [0.2, 0.25) is 0 Å². The Labute approximate surface area is 121 Å². The van der Waals surface area contributed by atoms with E-state index in [4.69, 9.17) is 0 Å². The van der Waals surface area contributed by atoms with Gasteiger partial charge in [0.2, 0.25) is 0 Å². The zero-order chi connectivity index (χ0) is 14.2. The SMILES string of the molecule is Cc1cccc(-c2ccccn2)c1.Cc1ccccc1. The molecule has 2 aromatic carbocycles. The maximum Gasteiger partial charge on any atom is 0.0702 e. The first-order chi connectivity index (χ1) is 9.75. The van der Waals surface area contributed by atoms with Gasteiger partial charge in [-0.2, -0.15) is 0 Å². The predicted octanol–water partition coefficient (Wildman–Crippen LogP) is 5.05. The number of rotatable bonds is 1. The highest BCUT2D eigenvalue weighted by Crippen LogP contribution is 2.16. The molecule has 0 spiro atoms. The molecule has 0 aliphatic heterocycles. The van der Waals surface area contributed by atoms with Gasteiger partial charge in [-0.15, -0.1) is 0 Å². The smallest absolute Gasteiger partial charge is 0.0702 e. The number of nitrogens with zero attached hydrogens (tertiary/aromatic N) is 1. The number of benzene rings is 2. The highest BCUT2D eigenvalue weighted by atomic mass is 14.7. The van der Waals surface area contributed by atoms with Gasteiger partial charge in [0.1, 0.15) is 0 Å². The minimum absolute atomic E-state index is 1.03. The molecule has 0 fully saturated rings. The Morgan fingerprint density at radius 3 is 1.90 bits per heavy atom. The van der Waals surface area contributed by atoms with Crippen molar-refractivity contribution in [3.05, 3.63) is 90.1 Å². The van der Waals surface area contributed by atoms with E-state index in [0.29, 0.717) is 0 Å². The Balaban J connectivity index is 0.000000178. The molecule has 0 atom stereocenters. The highest BCUT2D eigenvalue weighted by molar-refractivity contribution is 5.59. The quantitative estimate of drug-likeness (QED) is 0.597. The van der Waals surface area contributed by atoms with E-state index in [-0.39, 0.29) is 0 Å². The van der Waals surface area contributed by atoms with E-state index >= 15 is 0 Å². The zero-order valence-corrected chi connectivity index (χ0v) is 12.0. The minimum atomic E-state index is 1.03. The van der Waals surface area contributed by atoms with E-state index in [1.807, 2.05) is 42.6 Å². The topological polar surface area (TPSA) is 12.9 Å². The van der Waals surface area contributed by atoms with E-state index in [1.165, 1.54) is 16.7 Å². The molecule has 1 aromatic heterocycles. The molecule has 3 aromatic rings. The summed E-state index contributed by atoms with van der Waals surface area (Å²) in [6, 6.07) is 24.6. The molecule has 20 heavy (non-hydrogen) atoms. The lowest BCUT2D eigenvalue weighted by atomic mass is 10.1. The Kier molecular flexibility index (Phi) is 5.08. The Morgan fingerprint density at radius 1 is 0.650 bits per heavy atom. The summed E-state index contributed by atoms with van der Waals surface area (Å²) in [5.74, 6) is 0.